The van der Waals surface area contributed by atoms with E-state index in [4.69, 9.17) is 29.7 Å². The van der Waals surface area contributed by atoms with Crippen molar-refractivity contribution in [1.29, 1.82) is 0 Å². The molecule has 2 unspecified atom stereocenters. The van der Waals surface area contributed by atoms with Crippen molar-refractivity contribution >= 4 is 17.5 Å². The Balaban J connectivity index is 1.86. The normalized spacial score (nSPS) is 23.6. The first-order valence-corrected chi connectivity index (χ1v) is 11.5. The zero-order valence-electron chi connectivity index (χ0n) is 19.5. The molecule has 4 rings (SSSR count). The molecule has 8 heteroatoms. The lowest BCUT2D eigenvalue weighted by molar-refractivity contribution is -0.139. The molecular formula is C25H32N2O6. The van der Waals surface area contributed by atoms with E-state index in [1.165, 1.54) is 0 Å². The van der Waals surface area contributed by atoms with Crippen LogP contribution >= 0.6 is 0 Å². The van der Waals surface area contributed by atoms with Crippen LogP contribution in [0.4, 0.5) is 0 Å². The highest BCUT2D eigenvalue weighted by Crippen LogP contribution is 2.48. The number of fused-ring (bicyclic) bond motifs is 2. The van der Waals surface area contributed by atoms with E-state index in [2.05, 4.69) is 13.8 Å². The first-order chi connectivity index (χ1) is 15.8. The minimum absolute atomic E-state index is 0.0774. The molecule has 1 aliphatic carbocycles. The number of nitrogens with zero attached hydrogens (tertiary/aromatic N) is 1. The summed E-state index contributed by atoms with van der Waals surface area (Å²) in [5, 5.41) is 0. The Morgan fingerprint density at radius 2 is 1.94 bits per heavy atom. The number of esters is 1. The SMILES string of the molecule is CCOC(=O)C1=C(COCCN)N=C2CC(C)(C)CC(=O)C2C1c1ccc2c(c1)OCCO2. The fourth-order valence-electron chi connectivity index (χ4n) is 4.93. The maximum atomic E-state index is 13.5. The topological polar surface area (TPSA) is 109 Å². The summed E-state index contributed by atoms with van der Waals surface area (Å²) in [7, 11) is 0. The Morgan fingerprint density at radius 3 is 2.67 bits per heavy atom. The van der Waals surface area contributed by atoms with Crippen molar-refractivity contribution in [3.05, 3.63) is 35.0 Å². The number of rotatable bonds is 7. The van der Waals surface area contributed by atoms with E-state index in [0.29, 0.717) is 62.0 Å². The number of ketones is 1. The van der Waals surface area contributed by atoms with Crippen molar-refractivity contribution in [3.63, 3.8) is 0 Å². The molecule has 1 fully saturated rings. The van der Waals surface area contributed by atoms with Gasteiger partial charge in [0.2, 0.25) is 0 Å². The largest absolute Gasteiger partial charge is 0.486 e. The molecule has 2 atom stereocenters. The average Bonchev–Trinajstić information content (AvgIpc) is 2.77. The Bertz CT molecular complexity index is 997. The van der Waals surface area contributed by atoms with E-state index in [1.807, 2.05) is 18.2 Å². The maximum Gasteiger partial charge on any atom is 0.336 e. The van der Waals surface area contributed by atoms with E-state index in [0.717, 1.165) is 11.3 Å². The van der Waals surface area contributed by atoms with Crippen LogP contribution < -0.4 is 15.2 Å². The minimum Gasteiger partial charge on any atom is -0.486 e. The molecule has 1 saturated carbocycles. The molecule has 8 nitrogen and oxygen atoms in total. The second kappa shape index (κ2) is 9.65. The van der Waals surface area contributed by atoms with Gasteiger partial charge in [0.15, 0.2) is 11.5 Å². The lowest BCUT2D eigenvalue weighted by atomic mass is 9.63. The number of hydrogen-bond acceptors (Lipinski definition) is 8. The van der Waals surface area contributed by atoms with Gasteiger partial charge in [-0.05, 0) is 36.5 Å². The van der Waals surface area contributed by atoms with Gasteiger partial charge in [0.25, 0.3) is 0 Å². The van der Waals surface area contributed by atoms with Gasteiger partial charge in [-0.3, -0.25) is 9.79 Å². The molecule has 33 heavy (non-hydrogen) atoms. The molecule has 0 bridgehead atoms. The monoisotopic (exact) mass is 456 g/mol. The van der Waals surface area contributed by atoms with Crippen LogP contribution in [0.25, 0.3) is 0 Å². The lowest BCUT2D eigenvalue weighted by Gasteiger charge is -2.41. The minimum atomic E-state index is -0.535. The average molecular weight is 457 g/mol. The third kappa shape index (κ3) is 4.82. The van der Waals surface area contributed by atoms with E-state index >= 15 is 0 Å². The van der Waals surface area contributed by atoms with Crippen LogP contribution in [0.2, 0.25) is 0 Å². The summed E-state index contributed by atoms with van der Waals surface area (Å²) >= 11 is 0. The van der Waals surface area contributed by atoms with Crippen LogP contribution in [-0.4, -0.2) is 57.0 Å². The number of carbonyl (C=O) groups excluding carboxylic acids is 2. The van der Waals surface area contributed by atoms with Gasteiger partial charge in [-0.1, -0.05) is 19.9 Å². The van der Waals surface area contributed by atoms with Crippen LogP contribution in [0.15, 0.2) is 34.5 Å². The van der Waals surface area contributed by atoms with Crippen molar-refractivity contribution in [2.45, 2.75) is 39.5 Å². The summed E-state index contributed by atoms with van der Waals surface area (Å²) in [4.78, 5) is 31.5. The first-order valence-electron chi connectivity index (χ1n) is 11.5. The summed E-state index contributed by atoms with van der Waals surface area (Å²) in [5.41, 5.74) is 7.84. The Morgan fingerprint density at radius 1 is 1.18 bits per heavy atom. The molecular weight excluding hydrogens is 424 g/mol. The summed E-state index contributed by atoms with van der Waals surface area (Å²) in [6.07, 6.45) is 1.09. The molecule has 0 saturated heterocycles. The highest BCUT2D eigenvalue weighted by Gasteiger charge is 2.48. The number of carbonyl (C=O) groups is 2. The molecule has 0 spiro atoms. The van der Waals surface area contributed by atoms with Crippen molar-refractivity contribution in [2.24, 2.45) is 22.1 Å². The molecule has 0 radical (unpaired) electrons. The van der Waals surface area contributed by atoms with Gasteiger partial charge >= 0.3 is 5.97 Å². The predicted molar refractivity (Wildman–Crippen MR) is 123 cm³/mol. The molecule has 2 N–H and O–H groups in total. The summed E-state index contributed by atoms with van der Waals surface area (Å²) in [6.45, 7) is 7.87. The van der Waals surface area contributed by atoms with Gasteiger partial charge in [0, 0.05) is 24.6 Å². The Labute approximate surface area is 194 Å². The highest BCUT2D eigenvalue weighted by atomic mass is 16.6. The van der Waals surface area contributed by atoms with Crippen LogP contribution in [0.1, 0.15) is 45.1 Å². The molecule has 1 aromatic rings. The van der Waals surface area contributed by atoms with Crippen molar-refractivity contribution in [2.75, 3.05) is 39.6 Å². The summed E-state index contributed by atoms with van der Waals surface area (Å²) in [5.74, 6) is -0.210. The van der Waals surface area contributed by atoms with Gasteiger partial charge in [-0.25, -0.2) is 4.79 Å². The number of ether oxygens (including phenoxy) is 4. The second-order valence-corrected chi connectivity index (χ2v) is 9.37. The molecule has 0 aromatic heterocycles. The number of hydrogen-bond donors (Lipinski definition) is 1. The zero-order valence-corrected chi connectivity index (χ0v) is 19.5. The fraction of sp³-hybridized carbons (Fsp3) is 0.560. The Hall–Kier alpha value is -2.71. The molecule has 1 aromatic carbocycles. The molecule has 2 heterocycles. The summed E-state index contributed by atoms with van der Waals surface area (Å²) < 4.78 is 22.6. The Kier molecular flexibility index (Phi) is 6.86. The van der Waals surface area contributed by atoms with Crippen LogP contribution in [0.3, 0.4) is 0 Å². The van der Waals surface area contributed by atoms with Crippen LogP contribution in [0, 0.1) is 11.3 Å². The molecule has 0 amide bonds. The van der Waals surface area contributed by atoms with E-state index in [1.54, 1.807) is 6.92 Å². The fourth-order valence-corrected chi connectivity index (χ4v) is 4.93. The highest BCUT2D eigenvalue weighted by molar-refractivity contribution is 6.12. The van der Waals surface area contributed by atoms with Crippen molar-refractivity contribution in [3.8, 4) is 11.5 Å². The molecule has 178 valence electrons. The standard InChI is InChI=1S/C25H32N2O6/c1-4-31-24(29)23-17(14-30-8-7-26)27-16-12-25(2,3)13-18(28)22(16)21(23)15-5-6-19-20(11-15)33-10-9-32-19/h5-6,11,21-22H,4,7-10,12-14,26H2,1-3H3. The smallest absolute Gasteiger partial charge is 0.336 e. The number of nitrogens with two attached hydrogens (primary N) is 1. The van der Waals surface area contributed by atoms with Gasteiger partial charge in [-0.2, -0.15) is 0 Å². The maximum absolute atomic E-state index is 13.5. The quantitative estimate of drug-likeness (QED) is 0.496. The number of benzene rings is 1. The van der Waals surface area contributed by atoms with E-state index in [-0.39, 0.29) is 24.4 Å². The number of Topliss-reactive ketones (excluding diaryl/α,β-unsaturated/α-hetero) is 1. The number of aliphatic imine (C=N–C) groups is 1. The van der Waals surface area contributed by atoms with Crippen molar-refractivity contribution < 1.29 is 28.5 Å². The third-order valence-electron chi connectivity index (χ3n) is 6.17. The first kappa shape index (κ1) is 23.4. The van der Waals surface area contributed by atoms with Gasteiger partial charge in [0.05, 0.1) is 37.0 Å². The van der Waals surface area contributed by atoms with Crippen LogP contribution in [0.5, 0.6) is 11.5 Å². The van der Waals surface area contributed by atoms with Crippen molar-refractivity contribution in [1.82, 2.24) is 0 Å². The third-order valence-corrected chi connectivity index (χ3v) is 6.17. The zero-order chi connectivity index (χ0) is 23.6. The van der Waals surface area contributed by atoms with Gasteiger partial charge in [-0.15, -0.1) is 0 Å². The van der Waals surface area contributed by atoms with E-state index in [9.17, 15) is 9.59 Å². The predicted octanol–water partition coefficient (Wildman–Crippen LogP) is 2.79. The molecule has 3 aliphatic rings. The molecule has 2 aliphatic heterocycles. The second-order valence-electron chi connectivity index (χ2n) is 9.37. The van der Waals surface area contributed by atoms with Gasteiger partial charge in [0.1, 0.15) is 19.0 Å². The van der Waals surface area contributed by atoms with Crippen LogP contribution in [-0.2, 0) is 19.1 Å². The summed E-state index contributed by atoms with van der Waals surface area (Å²) in [6, 6.07) is 5.60. The van der Waals surface area contributed by atoms with E-state index < -0.39 is 17.8 Å². The lowest BCUT2D eigenvalue weighted by Crippen LogP contribution is -2.44. The van der Waals surface area contributed by atoms with Gasteiger partial charge < -0.3 is 24.7 Å².